The molecule has 118 valence electrons. The standard InChI is InChI=1S/C16H14ClN3O2S/c1-20-16(12-5-3-2-4-6-12)15(11-18-20)19-23(21,22)14-9-7-13(17)8-10-14/h2-11,19H,1H3. The first-order valence-electron chi connectivity index (χ1n) is 6.83. The van der Waals surface area contributed by atoms with Gasteiger partial charge in [-0.1, -0.05) is 41.9 Å². The summed E-state index contributed by atoms with van der Waals surface area (Å²) in [6.07, 6.45) is 1.50. The molecule has 0 saturated carbocycles. The Morgan fingerprint density at radius 3 is 2.35 bits per heavy atom. The summed E-state index contributed by atoms with van der Waals surface area (Å²) in [5, 5.41) is 4.64. The van der Waals surface area contributed by atoms with Crippen LogP contribution < -0.4 is 4.72 Å². The number of hydrogen-bond donors (Lipinski definition) is 1. The third-order valence-corrected chi connectivity index (χ3v) is 4.99. The fourth-order valence-corrected chi connectivity index (χ4v) is 3.45. The highest BCUT2D eigenvalue weighted by Crippen LogP contribution is 2.29. The van der Waals surface area contributed by atoms with Gasteiger partial charge in [0.15, 0.2) is 0 Å². The van der Waals surface area contributed by atoms with E-state index in [-0.39, 0.29) is 4.90 Å². The first kappa shape index (κ1) is 15.6. The van der Waals surface area contributed by atoms with E-state index in [1.165, 1.54) is 30.5 Å². The molecule has 0 atom stereocenters. The van der Waals surface area contributed by atoms with Gasteiger partial charge in [-0.2, -0.15) is 5.10 Å². The molecule has 1 aromatic heterocycles. The minimum absolute atomic E-state index is 0.143. The number of anilines is 1. The highest BCUT2D eigenvalue weighted by atomic mass is 35.5. The minimum Gasteiger partial charge on any atom is -0.276 e. The van der Waals surface area contributed by atoms with Gasteiger partial charge in [-0.3, -0.25) is 9.40 Å². The SMILES string of the molecule is Cn1ncc(NS(=O)(=O)c2ccc(Cl)cc2)c1-c1ccccc1. The lowest BCUT2D eigenvalue weighted by atomic mass is 10.1. The molecule has 23 heavy (non-hydrogen) atoms. The monoisotopic (exact) mass is 347 g/mol. The average molecular weight is 348 g/mol. The second-order valence-electron chi connectivity index (χ2n) is 4.96. The Labute approximate surface area is 139 Å². The van der Waals surface area contributed by atoms with E-state index in [1.54, 1.807) is 11.7 Å². The molecule has 0 aliphatic carbocycles. The fourth-order valence-electron chi connectivity index (χ4n) is 2.27. The molecule has 1 heterocycles. The molecule has 3 rings (SSSR count). The summed E-state index contributed by atoms with van der Waals surface area (Å²) in [6.45, 7) is 0. The molecule has 5 nitrogen and oxygen atoms in total. The van der Waals surface area contributed by atoms with Crippen molar-refractivity contribution < 1.29 is 8.42 Å². The van der Waals surface area contributed by atoms with Crippen LogP contribution in [0.5, 0.6) is 0 Å². The molecular formula is C16H14ClN3O2S. The highest BCUT2D eigenvalue weighted by molar-refractivity contribution is 7.92. The number of nitrogens with zero attached hydrogens (tertiary/aromatic N) is 2. The van der Waals surface area contributed by atoms with E-state index >= 15 is 0 Å². The van der Waals surface area contributed by atoms with Gasteiger partial charge in [0.05, 0.1) is 22.5 Å². The molecule has 0 unspecified atom stereocenters. The number of hydrogen-bond acceptors (Lipinski definition) is 3. The van der Waals surface area contributed by atoms with Crippen molar-refractivity contribution in [2.24, 2.45) is 7.05 Å². The van der Waals surface area contributed by atoms with Crippen molar-refractivity contribution in [1.29, 1.82) is 0 Å². The fraction of sp³-hybridized carbons (Fsp3) is 0.0625. The Morgan fingerprint density at radius 2 is 1.70 bits per heavy atom. The van der Waals surface area contributed by atoms with Crippen LogP contribution in [0.4, 0.5) is 5.69 Å². The summed E-state index contributed by atoms with van der Waals surface area (Å²) < 4.78 is 29.3. The lowest BCUT2D eigenvalue weighted by molar-refractivity contribution is 0.601. The molecule has 1 N–H and O–H groups in total. The summed E-state index contributed by atoms with van der Waals surface area (Å²) in [6, 6.07) is 15.5. The normalized spacial score (nSPS) is 11.4. The van der Waals surface area contributed by atoms with Gasteiger partial charge in [0.1, 0.15) is 0 Å². The molecular weight excluding hydrogens is 334 g/mol. The Hall–Kier alpha value is -2.31. The zero-order valence-electron chi connectivity index (χ0n) is 12.3. The second-order valence-corrected chi connectivity index (χ2v) is 7.07. The number of sulfonamides is 1. The van der Waals surface area contributed by atoms with Crippen LogP contribution in [0.3, 0.4) is 0 Å². The predicted molar refractivity (Wildman–Crippen MR) is 90.9 cm³/mol. The van der Waals surface area contributed by atoms with Crippen molar-refractivity contribution in [3.63, 3.8) is 0 Å². The van der Waals surface area contributed by atoms with Crippen molar-refractivity contribution in [2.75, 3.05) is 4.72 Å². The largest absolute Gasteiger partial charge is 0.276 e. The molecule has 3 aromatic rings. The van der Waals surface area contributed by atoms with E-state index in [4.69, 9.17) is 11.6 Å². The summed E-state index contributed by atoms with van der Waals surface area (Å²) in [5.74, 6) is 0. The molecule has 0 radical (unpaired) electrons. The molecule has 7 heteroatoms. The van der Waals surface area contributed by atoms with Crippen LogP contribution in [-0.4, -0.2) is 18.2 Å². The predicted octanol–water partition coefficient (Wildman–Crippen LogP) is 3.54. The van der Waals surface area contributed by atoms with Gasteiger partial charge >= 0.3 is 0 Å². The van der Waals surface area contributed by atoms with Crippen molar-refractivity contribution in [3.8, 4) is 11.3 Å². The molecule has 0 spiro atoms. The molecule has 0 fully saturated rings. The molecule has 0 amide bonds. The maximum Gasteiger partial charge on any atom is 0.262 e. The molecule has 0 aliphatic heterocycles. The van der Waals surface area contributed by atoms with Gasteiger partial charge in [-0.05, 0) is 24.3 Å². The van der Waals surface area contributed by atoms with Crippen LogP contribution in [0, 0.1) is 0 Å². The Kier molecular flexibility index (Phi) is 4.11. The molecule has 2 aromatic carbocycles. The lowest BCUT2D eigenvalue weighted by Crippen LogP contribution is -2.13. The van der Waals surface area contributed by atoms with Crippen molar-refractivity contribution >= 4 is 27.3 Å². The van der Waals surface area contributed by atoms with Gasteiger partial charge < -0.3 is 0 Å². The van der Waals surface area contributed by atoms with Gasteiger partial charge in [0.25, 0.3) is 10.0 Å². The van der Waals surface area contributed by atoms with Crippen LogP contribution in [0.15, 0.2) is 65.7 Å². The maximum absolute atomic E-state index is 12.5. The summed E-state index contributed by atoms with van der Waals surface area (Å²) >= 11 is 5.80. The lowest BCUT2D eigenvalue weighted by Gasteiger charge is -2.10. The van der Waals surface area contributed by atoms with E-state index < -0.39 is 10.0 Å². The molecule has 0 aliphatic rings. The number of rotatable bonds is 4. The van der Waals surface area contributed by atoms with Crippen LogP contribution in [-0.2, 0) is 17.1 Å². The average Bonchev–Trinajstić information content (AvgIpc) is 2.88. The third kappa shape index (κ3) is 3.23. The number of aryl methyl sites for hydroxylation is 1. The van der Waals surface area contributed by atoms with Crippen molar-refractivity contribution in [2.45, 2.75) is 4.90 Å². The first-order valence-corrected chi connectivity index (χ1v) is 8.69. The Balaban J connectivity index is 1.99. The topological polar surface area (TPSA) is 64.0 Å². The van der Waals surface area contributed by atoms with Crippen LogP contribution >= 0.6 is 11.6 Å². The summed E-state index contributed by atoms with van der Waals surface area (Å²) in [4.78, 5) is 0.143. The van der Waals surface area contributed by atoms with Crippen LogP contribution in [0.25, 0.3) is 11.3 Å². The quantitative estimate of drug-likeness (QED) is 0.785. The van der Waals surface area contributed by atoms with Crippen molar-refractivity contribution in [3.05, 3.63) is 65.8 Å². The van der Waals surface area contributed by atoms with E-state index in [1.807, 2.05) is 30.3 Å². The number of halogens is 1. The van der Waals surface area contributed by atoms with E-state index in [9.17, 15) is 8.42 Å². The summed E-state index contributed by atoms with van der Waals surface area (Å²) in [7, 11) is -1.94. The van der Waals surface area contributed by atoms with Gasteiger partial charge in [-0.15, -0.1) is 0 Å². The molecule has 0 saturated heterocycles. The van der Waals surface area contributed by atoms with Crippen molar-refractivity contribution in [1.82, 2.24) is 9.78 Å². The van der Waals surface area contributed by atoms with E-state index in [0.29, 0.717) is 16.4 Å². The number of nitrogens with one attached hydrogen (secondary N) is 1. The Bertz CT molecular complexity index is 920. The van der Waals surface area contributed by atoms with E-state index in [2.05, 4.69) is 9.82 Å². The Morgan fingerprint density at radius 1 is 1.04 bits per heavy atom. The number of benzene rings is 2. The smallest absolute Gasteiger partial charge is 0.262 e. The highest BCUT2D eigenvalue weighted by Gasteiger charge is 2.19. The first-order chi connectivity index (χ1) is 11.0. The zero-order valence-corrected chi connectivity index (χ0v) is 13.8. The maximum atomic E-state index is 12.5. The van der Waals surface area contributed by atoms with Gasteiger partial charge in [-0.25, -0.2) is 8.42 Å². The van der Waals surface area contributed by atoms with Crippen LogP contribution in [0.2, 0.25) is 5.02 Å². The third-order valence-electron chi connectivity index (χ3n) is 3.35. The minimum atomic E-state index is -3.71. The van der Waals surface area contributed by atoms with Gasteiger partial charge in [0, 0.05) is 17.6 Å². The number of aromatic nitrogens is 2. The second kappa shape index (κ2) is 6.06. The summed E-state index contributed by atoms with van der Waals surface area (Å²) in [5.41, 5.74) is 2.00. The van der Waals surface area contributed by atoms with Gasteiger partial charge in [0.2, 0.25) is 0 Å². The molecule has 0 bridgehead atoms. The zero-order chi connectivity index (χ0) is 16.4. The van der Waals surface area contributed by atoms with E-state index in [0.717, 1.165) is 5.56 Å². The van der Waals surface area contributed by atoms with Crippen LogP contribution in [0.1, 0.15) is 0 Å².